The van der Waals surface area contributed by atoms with E-state index in [-0.39, 0.29) is 11.5 Å². The number of aromatic nitrogens is 2. The van der Waals surface area contributed by atoms with Gasteiger partial charge in [0.1, 0.15) is 0 Å². The summed E-state index contributed by atoms with van der Waals surface area (Å²) in [5.41, 5.74) is 3.64. The zero-order valence-corrected chi connectivity index (χ0v) is 17.0. The number of hydrogen-bond acceptors (Lipinski definition) is 4. The molecule has 0 aliphatic carbocycles. The Kier molecular flexibility index (Phi) is 5.89. The third kappa shape index (κ3) is 4.38. The average Bonchev–Trinajstić information content (AvgIpc) is 3.15. The molecule has 6 heteroatoms. The van der Waals surface area contributed by atoms with Crippen molar-refractivity contribution in [2.75, 3.05) is 6.61 Å². The summed E-state index contributed by atoms with van der Waals surface area (Å²) in [6.07, 6.45) is 1.56. The molecule has 0 saturated carbocycles. The highest BCUT2D eigenvalue weighted by atomic mass is 16.5. The van der Waals surface area contributed by atoms with Crippen LogP contribution in [0.15, 0.2) is 94.7 Å². The second kappa shape index (κ2) is 9.09. The molecule has 0 atom stereocenters. The number of ether oxygens (including phenoxy) is 1. The molecule has 0 aliphatic heterocycles. The highest BCUT2D eigenvalue weighted by molar-refractivity contribution is 5.91. The molecule has 0 bridgehead atoms. The Bertz CT molecular complexity index is 1260. The lowest BCUT2D eigenvalue weighted by Crippen LogP contribution is -2.17. The smallest absolute Gasteiger partial charge is 0.338 e. The van der Waals surface area contributed by atoms with Crippen molar-refractivity contribution < 1.29 is 9.53 Å². The summed E-state index contributed by atoms with van der Waals surface area (Å²) in [7, 11) is 0. The van der Waals surface area contributed by atoms with Crippen LogP contribution < -0.4 is 5.56 Å². The molecule has 154 valence electrons. The van der Waals surface area contributed by atoms with Gasteiger partial charge < -0.3 is 4.74 Å². The molecule has 3 aromatic carbocycles. The number of aliphatic imine (C=N–C) groups is 1. The third-order valence-electron chi connectivity index (χ3n) is 4.72. The number of H-pyrrole nitrogens is 1. The fraction of sp³-hybridized carbons (Fsp3) is 0.0800. The highest BCUT2D eigenvalue weighted by Crippen LogP contribution is 2.21. The third-order valence-corrected chi connectivity index (χ3v) is 4.72. The summed E-state index contributed by atoms with van der Waals surface area (Å²) in [5.74, 6) is -0.374. The molecule has 31 heavy (non-hydrogen) atoms. The van der Waals surface area contributed by atoms with Gasteiger partial charge in [-0.2, -0.15) is 0 Å². The van der Waals surface area contributed by atoms with Crippen molar-refractivity contribution in [2.45, 2.75) is 6.92 Å². The normalized spacial score (nSPS) is 11.0. The number of para-hydroxylation sites is 1. The maximum absolute atomic E-state index is 13.2. The van der Waals surface area contributed by atoms with Gasteiger partial charge in [-0.25, -0.2) is 9.48 Å². The number of hydrogen-bond donors (Lipinski definition) is 1. The van der Waals surface area contributed by atoms with Crippen LogP contribution >= 0.6 is 0 Å². The molecule has 1 aromatic heterocycles. The SMILES string of the molecule is CCOC(=O)c1ccc(N=Cc2c(-c3ccccc3)[nH]n(-c3ccccc3)c2=O)cc1. The number of nitrogens with one attached hydrogen (secondary N) is 1. The van der Waals surface area contributed by atoms with Crippen LogP contribution in [0.4, 0.5) is 5.69 Å². The number of carbonyl (C=O) groups excluding carboxylic acids is 1. The number of carbonyl (C=O) groups is 1. The van der Waals surface area contributed by atoms with E-state index < -0.39 is 0 Å². The first-order valence-corrected chi connectivity index (χ1v) is 9.94. The molecule has 4 rings (SSSR count). The Morgan fingerprint density at radius 2 is 1.61 bits per heavy atom. The minimum Gasteiger partial charge on any atom is -0.462 e. The molecule has 0 amide bonds. The Hall–Kier alpha value is -4.19. The molecule has 0 unspecified atom stereocenters. The van der Waals surface area contributed by atoms with Gasteiger partial charge in [-0.15, -0.1) is 0 Å². The largest absolute Gasteiger partial charge is 0.462 e. The van der Waals surface area contributed by atoms with Gasteiger partial charge in [-0.1, -0.05) is 48.5 Å². The number of nitrogens with zero attached hydrogens (tertiary/aromatic N) is 2. The summed E-state index contributed by atoms with van der Waals surface area (Å²) in [6.45, 7) is 2.09. The molecule has 0 fully saturated rings. The summed E-state index contributed by atoms with van der Waals surface area (Å²) in [6, 6.07) is 25.8. The van der Waals surface area contributed by atoms with Crippen LogP contribution in [0, 0.1) is 0 Å². The second-order valence-electron chi connectivity index (χ2n) is 6.77. The topological polar surface area (TPSA) is 76.4 Å². The van der Waals surface area contributed by atoms with Gasteiger partial charge in [0.2, 0.25) is 0 Å². The van der Waals surface area contributed by atoms with Crippen LogP contribution in [0.3, 0.4) is 0 Å². The van der Waals surface area contributed by atoms with Crippen molar-refractivity contribution in [3.8, 4) is 16.9 Å². The van der Waals surface area contributed by atoms with Gasteiger partial charge in [0.25, 0.3) is 5.56 Å². The van der Waals surface area contributed by atoms with Crippen molar-refractivity contribution in [3.63, 3.8) is 0 Å². The lowest BCUT2D eigenvalue weighted by molar-refractivity contribution is 0.0526. The first kappa shape index (κ1) is 20.1. The van der Waals surface area contributed by atoms with Gasteiger partial charge in [-0.05, 0) is 43.3 Å². The Balaban J connectivity index is 1.73. The Labute approximate surface area is 179 Å². The van der Waals surface area contributed by atoms with Crippen molar-refractivity contribution in [2.24, 2.45) is 4.99 Å². The molecule has 1 heterocycles. The molecule has 0 aliphatic rings. The summed E-state index contributed by atoms with van der Waals surface area (Å²) < 4.78 is 6.50. The molecule has 0 spiro atoms. The van der Waals surface area contributed by atoms with E-state index in [0.717, 1.165) is 11.3 Å². The molecule has 0 radical (unpaired) electrons. The molecular weight excluding hydrogens is 390 g/mol. The van der Waals surface area contributed by atoms with E-state index in [1.165, 1.54) is 4.68 Å². The lowest BCUT2D eigenvalue weighted by atomic mass is 10.1. The van der Waals surface area contributed by atoms with Gasteiger partial charge >= 0.3 is 5.97 Å². The minimum absolute atomic E-state index is 0.197. The predicted octanol–water partition coefficient (Wildman–Crippen LogP) is 4.76. The quantitative estimate of drug-likeness (QED) is 0.367. The Morgan fingerprint density at radius 3 is 2.26 bits per heavy atom. The second-order valence-corrected chi connectivity index (χ2v) is 6.77. The average molecular weight is 411 g/mol. The van der Waals surface area contributed by atoms with Gasteiger partial charge in [0.15, 0.2) is 0 Å². The van der Waals surface area contributed by atoms with Gasteiger partial charge in [-0.3, -0.25) is 14.9 Å². The fourth-order valence-corrected chi connectivity index (χ4v) is 3.19. The zero-order valence-electron chi connectivity index (χ0n) is 17.0. The minimum atomic E-state index is -0.374. The Morgan fingerprint density at radius 1 is 0.968 bits per heavy atom. The fourth-order valence-electron chi connectivity index (χ4n) is 3.19. The van der Waals surface area contributed by atoms with E-state index >= 15 is 0 Å². The van der Waals surface area contributed by atoms with E-state index in [2.05, 4.69) is 10.1 Å². The van der Waals surface area contributed by atoms with E-state index in [1.54, 1.807) is 37.4 Å². The maximum Gasteiger partial charge on any atom is 0.338 e. The number of benzene rings is 3. The number of aromatic amines is 1. The van der Waals surface area contributed by atoms with Crippen LogP contribution in [-0.2, 0) is 4.74 Å². The van der Waals surface area contributed by atoms with E-state index in [0.29, 0.717) is 29.1 Å². The number of esters is 1. The van der Waals surface area contributed by atoms with Crippen molar-refractivity contribution >= 4 is 17.9 Å². The molecular formula is C25H21N3O3. The van der Waals surface area contributed by atoms with Gasteiger partial charge in [0.05, 0.1) is 34.8 Å². The summed E-state index contributed by atoms with van der Waals surface area (Å²) in [5, 5.41) is 3.21. The molecule has 6 nitrogen and oxygen atoms in total. The first-order chi connectivity index (χ1) is 15.2. The monoisotopic (exact) mass is 411 g/mol. The summed E-state index contributed by atoms with van der Waals surface area (Å²) in [4.78, 5) is 29.5. The van der Waals surface area contributed by atoms with Crippen LogP contribution in [0.1, 0.15) is 22.8 Å². The van der Waals surface area contributed by atoms with E-state index in [9.17, 15) is 9.59 Å². The number of rotatable bonds is 6. The van der Waals surface area contributed by atoms with E-state index in [1.807, 2.05) is 60.7 Å². The molecule has 1 N–H and O–H groups in total. The maximum atomic E-state index is 13.2. The predicted molar refractivity (Wildman–Crippen MR) is 121 cm³/mol. The highest BCUT2D eigenvalue weighted by Gasteiger charge is 2.15. The van der Waals surface area contributed by atoms with Crippen molar-refractivity contribution in [3.05, 3.63) is 106 Å². The van der Waals surface area contributed by atoms with Gasteiger partial charge in [0, 0.05) is 11.8 Å². The standard InChI is InChI=1S/C25H21N3O3/c1-2-31-25(30)19-13-15-20(16-14-19)26-17-22-23(18-9-5-3-6-10-18)27-28(24(22)29)21-11-7-4-8-12-21/h3-17,27H,2H2,1H3. The van der Waals surface area contributed by atoms with Crippen LogP contribution in [0.2, 0.25) is 0 Å². The van der Waals surface area contributed by atoms with Crippen molar-refractivity contribution in [1.82, 2.24) is 9.78 Å². The molecule has 4 aromatic rings. The first-order valence-electron chi connectivity index (χ1n) is 9.94. The molecule has 0 saturated heterocycles. The van der Waals surface area contributed by atoms with Crippen LogP contribution in [0.5, 0.6) is 0 Å². The zero-order chi connectivity index (χ0) is 21.6. The van der Waals surface area contributed by atoms with Crippen LogP contribution in [0.25, 0.3) is 16.9 Å². The van der Waals surface area contributed by atoms with Crippen LogP contribution in [-0.4, -0.2) is 28.6 Å². The summed E-state index contributed by atoms with van der Waals surface area (Å²) >= 11 is 0. The van der Waals surface area contributed by atoms with Crippen molar-refractivity contribution in [1.29, 1.82) is 0 Å². The van der Waals surface area contributed by atoms with E-state index in [4.69, 9.17) is 4.74 Å². The lowest BCUT2D eigenvalue weighted by Gasteiger charge is -2.02.